The molecule has 1 aromatic carbocycles. The lowest BCUT2D eigenvalue weighted by atomic mass is 9.93. The molecule has 1 N–H and O–H groups in total. The summed E-state index contributed by atoms with van der Waals surface area (Å²) in [5, 5.41) is 2.93. The van der Waals surface area contributed by atoms with E-state index >= 15 is 0 Å². The maximum atomic E-state index is 12.6. The first-order valence-corrected chi connectivity index (χ1v) is 8.85. The van der Waals surface area contributed by atoms with Gasteiger partial charge in [-0.2, -0.15) is 13.2 Å². The van der Waals surface area contributed by atoms with Crippen molar-refractivity contribution in [2.24, 2.45) is 0 Å². The molecule has 10 heteroatoms. The third-order valence-corrected chi connectivity index (χ3v) is 4.44. The summed E-state index contributed by atoms with van der Waals surface area (Å²) in [5.74, 6) is -1.10. The van der Waals surface area contributed by atoms with Gasteiger partial charge < -0.3 is 10.1 Å². The highest BCUT2D eigenvalue weighted by Gasteiger charge is 2.29. The van der Waals surface area contributed by atoms with Crippen LogP contribution in [0.5, 0.6) is 0 Å². The van der Waals surface area contributed by atoms with E-state index in [1.165, 1.54) is 6.20 Å². The number of halogens is 5. The second-order valence-corrected chi connectivity index (χ2v) is 6.47. The fourth-order valence-electron chi connectivity index (χ4n) is 2.13. The van der Waals surface area contributed by atoms with Gasteiger partial charge in [-0.15, -0.1) is 0 Å². The van der Waals surface area contributed by atoms with E-state index in [-0.39, 0.29) is 32.1 Å². The minimum Gasteiger partial charge on any atom is -0.361 e. The van der Waals surface area contributed by atoms with Crippen molar-refractivity contribution in [2.45, 2.75) is 17.3 Å². The Labute approximate surface area is 156 Å². The molecule has 0 bridgehead atoms. The Morgan fingerprint density at radius 2 is 1.96 bits per heavy atom. The van der Waals surface area contributed by atoms with Crippen LogP contribution in [0.4, 0.5) is 19.0 Å². The molecular weight excluding hydrogens is 398 g/mol. The summed E-state index contributed by atoms with van der Waals surface area (Å²) in [5.41, 5.74) is 0.448. The Morgan fingerprint density at radius 1 is 1.32 bits per heavy atom. The summed E-state index contributed by atoms with van der Waals surface area (Å²) >= 11 is 13.4. The lowest BCUT2D eigenvalue weighted by Gasteiger charge is -2.19. The van der Waals surface area contributed by atoms with E-state index in [9.17, 15) is 18.0 Å². The topological polar surface area (TPSA) is 54.9 Å². The highest BCUT2D eigenvalue weighted by molar-refractivity contribution is 7.98. The van der Waals surface area contributed by atoms with Gasteiger partial charge in [0, 0.05) is 27.4 Å². The van der Waals surface area contributed by atoms with Gasteiger partial charge in [0.25, 0.3) is 0 Å². The van der Waals surface area contributed by atoms with Crippen LogP contribution in [-0.4, -0.2) is 35.2 Å². The van der Waals surface area contributed by atoms with E-state index in [0.717, 1.165) is 11.8 Å². The number of benzene rings is 1. The number of aldehydes is 1. The molecule has 1 heterocycles. The number of nitrogens with zero attached hydrogens (tertiary/aromatic N) is 2. The molecule has 25 heavy (non-hydrogen) atoms. The van der Waals surface area contributed by atoms with Crippen LogP contribution in [0.15, 0.2) is 29.6 Å². The smallest absolute Gasteiger partial charge is 0.361 e. The molecule has 1 aromatic heterocycles. The minimum absolute atomic E-state index is 0.0928. The molecule has 1 unspecified atom stereocenters. The summed E-state index contributed by atoms with van der Waals surface area (Å²) in [6.07, 6.45) is -0.912. The normalized spacial score (nSPS) is 12.7. The molecular formula is C15H12Cl2F3N3OS. The van der Waals surface area contributed by atoms with Crippen LogP contribution >= 0.6 is 35.0 Å². The highest BCUT2D eigenvalue weighted by Crippen LogP contribution is 2.37. The summed E-state index contributed by atoms with van der Waals surface area (Å²) in [4.78, 5) is 19.8. The van der Waals surface area contributed by atoms with Crippen LogP contribution < -0.4 is 5.32 Å². The molecule has 2 aromatic rings. The molecule has 0 radical (unpaired) electrons. The Morgan fingerprint density at radius 3 is 2.48 bits per heavy atom. The van der Waals surface area contributed by atoms with Crippen molar-refractivity contribution in [3.8, 4) is 0 Å². The van der Waals surface area contributed by atoms with Crippen LogP contribution in [0.2, 0.25) is 10.0 Å². The van der Waals surface area contributed by atoms with Crippen molar-refractivity contribution in [3.63, 3.8) is 0 Å². The number of aromatic nitrogens is 2. The van der Waals surface area contributed by atoms with Gasteiger partial charge in [0.05, 0.1) is 5.92 Å². The lowest BCUT2D eigenvalue weighted by molar-refractivity contribution is -0.115. The zero-order valence-corrected chi connectivity index (χ0v) is 15.1. The van der Waals surface area contributed by atoms with Crippen LogP contribution in [-0.2, 0) is 4.79 Å². The van der Waals surface area contributed by atoms with Gasteiger partial charge in [-0.3, -0.25) is 0 Å². The first-order valence-electron chi connectivity index (χ1n) is 6.87. The number of carbonyl (C=O) groups excluding carboxylic acids is 1. The van der Waals surface area contributed by atoms with Crippen LogP contribution in [0, 0.1) is 0 Å². The van der Waals surface area contributed by atoms with Crippen molar-refractivity contribution in [1.29, 1.82) is 0 Å². The largest absolute Gasteiger partial charge is 0.405 e. The third kappa shape index (κ3) is 4.99. The predicted octanol–water partition coefficient (Wildman–Crippen LogP) is 4.81. The van der Waals surface area contributed by atoms with Gasteiger partial charge in [0.1, 0.15) is 18.6 Å². The van der Waals surface area contributed by atoms with Crippen molar-refractivity contribution < 1.29 is 18.0 Å². The minimum atomic E-state index is -4.44. The Kier molecular flexibility index (Phi) is 6.53. The quantitative estimate of drug-likeness (QED) is 0.421. The van der Waals surface area contributed by atoms with E-state index < -0.39 is 18.6 Å². The van der Waals surface area contributed by atoms with Crippen LogP contribution in [0.3, 0.4) is 0 Å². The molecule has 2 rings (SSSR count). The standard InChI is InChI=1S/C15H12Cl2F3N3OS/c1-25-14-21-5-8(13(23-14)22-7-15(18,19)20)9(6-24)12-10(16)3-2-4-11(12)17/h2-6,9H,7H2,1H3,(H,21,22,23). The van der Waals surface area contributed by atoms with Crippen molar-refractivity contribution in [3.05, 3.63) is 45.6 Å². The van der Waals surface area contributed by atoms with E-state index in [2.05, 4.69) is 15.3 Å². The monoisotopic (exact) mass is 409 g/mol. The van der Waals surface area contributed by atoms with Gasteiger partial charge in [0.2, 0.25) is 0 Å². The fourth-order valence-corrected chi connectivity index (χ4v) is 3.10. The molecule has 0 saturated heterocycles. The summed E-state index contributed by atoms with van der Waals surface area (Å²) < 4.78 is 37.7. The Hall–Kier alpha value is -1.51. The van der Waals surface area contributed by atoms with E-state index in [1.807, 2.05) is 0 Å². The number of rotatable bonds is 6. The Bertz CT molecular complexity index is 754. The molecule has 134 valence electrons. The second-order valence-electron chi connectivity index (χ2n) is 4.88. The first-order chi connectivity index (χ1) is 11.8. The van der Waals surface area contributed by atoms with Crippen molar-refractivity contribution >= 4 is 47.1 Å². The zero-order chi connectivity index (χ0) is 18.6. The van der Waals surface area contributed by atoms with E-state index in [1.54, 1.807) is 24.5 Å². The average Bonchev–Trinajstić information content (AvgIpc) is 2.56. The fraction of sp³-hybridized carbons (Fsp3) is 0.267. The number of hydrogen-bond donors (Lipinski definition) is 1. The Balaban J connectivity index is 2.53. The maximum Gasteiger partial charge on any atom is 0.405 e. The molecule has 1 atom stereocenters. The second kappa shape index (κ2) is 8.25. The average molecular weight is 410 g/mol. The van der Waals surface area contributed by atoms with E-state index in [4.69, 9.17) is 23.2 Å². The van der Waals surface area contributed by atoms with Crippen LogP contribution in [0.25, 0.3) is 0 Å². The lowest BCUT2D eigenvalue weighted by Crippen LogP contribution is -2.23. The summed E-state index contributed by atoms with van der Waals surface area (Å²) in [7, 11) is 0. The number of thioether (sulfide) groups is 1. The first kappa shape index (κ1) is 19.8. The summed E-state index contributed by atoms with van der Waals surface area (Å²) in [6.45, 7) is -1.30. The van der Waals surface area contributed by atoms with Gasteiger partial charge in [-0.05, 0) is 18.4 Å². The molecule has 0 aliphatic carbocycles. The van der Waals surface area contributed by atoms with Gasteiger partial charge >= 0.3 is 6.18 Å². The number of carbonyl (C=O) groups is 1. The molecule has 0 spiro atoms. The molecule has 4 nitrogen and oxygen atoms in total. The number of alkyl halides is 3. The van der Waals surface area contributed by atoms with Gasteiger partial charge in [-0.25, -0.2) is 9.97 Å². The highest BCUT2D eigenvalue weighted by atomic mass is 35.5. The van der Waals surface area contributed by atoms with Gasteiger partial charge in [-0.1, -0.05) is 41.0 Å². The SMILES string of the molecule is CSc1ncc(C(C=O)c2c(Cl)cccc2Cl)c(NCC(F)(F)F)n1. The third-order valence-electron chi connectivity index (χ3n) is 3.22. The van der Waals surface area contributed by atoms with Crippen molar-refractivity contribution in [2.75, 3.05) is 18.1 Å². The predicted molar refractivity (Wildman–Crippen MR) is 92.7 cm³/mol. The number of hydrogen-bond acceptors (Lipinski definition) is 5. The number of nitrogens with one attached hydrogen (secondary N) is 1. The van der Waals surface area contributed by atoms with Crippen LogP contribution in [0.1, 0.15) is 17.0 Å². The van der Waals surface area contributed by atoms with E-state index in [0.29, 0.717) is 6.29 Å². The zero-order valence-electron chi connectivity index (χ0n) is 12.8. The molecule has 0 fully saturated rings. The molecule has 0 amide bonds. The molecule has 0 aliphatic rings. The molecule has 0 saturated carbocycles. The molecule has 0 aliphatic heterocycles. The van der Waals surface area contributed by atoms with Gasteiger partial charge in [0.15, 0.2) is 5.16 Å². The maximum absolute atomic E-state index is 12.6. The van der Waals surface area contributed by atoms with Crippen molar-refractivity contribution in [1.82, 2.24) is 9.97 Å². The number of anilines is 1. The summed E-state index contributed by atoms with van der Waals surface area (Å²) in [6, 6.07) is 4.69.